The van der Waals surface area contributed by atoms with Crippen molar-refractivity contribution in [3.8, 4) is 11.5 Å². The van der Waals surface area contributed by atoms with Gasteiger partial charge in [0.1, 0.15) is 36.6 Å². The fourth-order valence-electron chi connectivity index (χ4n) is 2.96. The van der Waals surface area contributed by atoms with E-state index in [9.17, 15) is 14.7 Å². The largest absolute Gasteiger partial charge is 0.491 e. The molecule has 0 fully saturated rings. The van der Waals surface area contributed by atoms with Crippen LogP contribution in [0.4, 0.5) is 0 Å². The molecule has 0 aliphatic carbocycles. The van der Waals surface area contributed by atoms with Gasteiger partial charge in [0, 0.05) is 17.5 Å². The molecule has 0 aromatic heterocycles. The summed E-state index contributed by atoms with van der Waals surface area (Å²) < 4.78 is 11.2. The quantitative estimate of drug-likeness (QED) is 0.471. The molecule has 0 radical (unpaired) electrons. The molecule has 0 amide bonds. The molecular formula is C26H26O5. The molecule has 0 aliphatic heterocycles. The van der Waals surface area contributed by atoms with E-state index in [2.05, 4.69) is 0 Å². The summed E-state index contributed by atoms with van der Waals surface area (Å²) in [6.07, 6.45) is 0.433. The van der Waals surface area contributed by atoms with E-state index in [4.69, 9.17) is 9.47 Å². The third-order valence-electron chi connectivity index (χ3n) is 4.73. The number of rotatable bonds is 11. The molecule has 0 spiro atoms. The van der Waals surface area contributed by atoms with Gasteiger partial charge in [-0.3, -0.25) is 4.79 Å². The van der Waals surface area contributed by atoms with E-state index in [1.807, 2.05) is 42.5 Å². The number of aliphatic hydroxyl groups is 1. The third-order valence-corrected chi connectivity index (χ3v) is 4.73. The summed E-state index contributed by atoms with van der Waals surface area (Å²) in [5, 5.41) is 10.1. The van der Waals surface area contributed by atoms with Crippen LogP contribution >= 0.6 is 0 Å². The molecule has 0 bridgehead atoms. The highest BCUT2D eigenvalue weighted by Crippen LogP contribution is 2.17. The van der Waals surface area contributed by atoms with Gasteiger partial charge in [-0.25, -0.2) is 0 Å². The van der Waals surface area contributed by atoms with Gasteiger partial charge in [-0.05, 0) is 55.3 Å². The van der Waals surface area contributed by atoms with Crippen molar-refractivity contribution in [1.82, 2.24) is 0 Å². The number of aryl methyl sites for hydroxylation is 1. The maximum atomic E-state index is 12.4. The van der Waals surface area contributed by atoms with Crippen molar-refractivity contribution in [2.45, 2.75) is 25.9 Å². The first-order valence-corrected chi connectivity index (χ1v) is 10.2. The first kappa shape index (κ1) is 22.2. The molecule has 5 heteroatoms. The molecule has 0 unspecified atom stereocenters. The molecule has 0 aliphatic rings. The highest BCUT2D eigenvalue weighted by Gasteiger charge is 2.10. The maximum absolute atomic E-state index is 12.4. The fourth-order valence-corrected chi connectivity index (χ4v) is 2.96. The van der Waals surface area contributed by atoms with E-state index in [0.717, 1.165) is 5.56 Å². The number of ketones is 2. The molecule has 3 rings (SSSR count). The molecule has 1 atom stereocenters. The molecule has 0 saturated heterocycles. The van der Waals surface area contributed by atoms with Crippen LogP contribution in [0.2, 0.25) is 0 Å². The van der Waals surface area contributed by atoms with E-state index >= 15 is 0 Å². The molecule has 1 N–H and O–H groups in total. The number of hydrogen-bond acceptors (Lipinski definition) is 5. The highest BCUT2D eigenvalue weighted by molar-refractivity contribution is 6.08. The van der Waals surface area contributed by atoms with E-state index in [0.29, 0.717) is 35.5 Å². The van der Waals surface area contributed by atoms with Crippen molar-refractivity contribution < 1.29 is 24.2 Å². The standard InChI is InChI=1S/C26H26O5/c1-19(27)7-8-20-9-13-24(14-10-20)30-17-23(28)18-31-25-15-11-22(12-16-25)26(29)21-5-3-2-4-6-21/h2-6,9-16,23,28H,7-8,17-18H2,1H3/t23-/m1/s1. The molecule has 160 valence electrons. The van der Waals surface area contributed by atoms with Crippen LogP contribution in [-0.2, 0) is 11.2 Å². The minimum absolute atomic E-state index is 0.0482. The summed E-state index contributed by atoms with van der Waals surface area (Å²) in [4.78, 5) is 23.5. The van der Waals surface area contributed by atoms with Gasteiger partial charge in [0.2, 0.25) is 0 Å². The average Bonchev–Trinajstić information content (AvgIpc) is 2.81. The number of benzene rings is 3. The Kier molecular flexibility index (Phi) is 7.96. The lowest BCUT2D eigenvalue weighted by atomic mass is 10.0. The Hall–Kier alpha value is -3.44. The van der Waals surface area contributed by atoms with Crippen molar-refractivity contribution in [3.05, 3.63) is 95.6 Å². The minimum Gasteiger partial charge on any atom is -0.491 e. The lowest BCUT2D eigenvalue weighted by molar-refractivity contribution is -0.116. The van der Waals surface area contributed by atoms with Crippen molar-refractivity contribution in [2.75, 3.05) is 13.2 Å². The van der Waals surface area contributed by atoms with E-state index in [1.54, 1.807) is 43.3 Å². The Balaban J connectivity index is 1.42. The molecule has 0 saturated carbocycles. The normalized spacial score (nSPS) is 11.5. The molecule has 5 nitrogen and oxygen atoms in total. The first-order valence-electron chi connectivity index (χ1n) is 10.2. The van der Waals surface area contributed by atoms with Gasteiger partial charge >= 0.3 is 0 Å². The van der Waals surface area contributed by atoms with E-state index < -0.39 is 6.10 Å². The Labute approximate surface area is 182 Å². The van der Waals surface area contributed by atoms with Crippen LogP contribution < -0.4 is 9.47 Å². The summed E-state index contributed by atoms with van der Waals surface area (Å²) in [5.41, 5.74) is 2.28. The third kappa shape index (κ3) is 7.08. The van der Waals surface area contributed by atoms with Crippen LogP contribution in [0.25, 0.3) is 0 Å². The Morgan fingerprint density at radius 2 is 1.29 bits per heavy atom. The van der Waals surface area contributed by atoms with Gasteiger partial charge in [0.25, 0.3) is 0 Å². The van der Waals surface area contributed by atoms with Crippen LogP contribution in [0, 0.1) is 0 Å². The Bertz CT molecular complexity index is 979. The van der Waals surface area contributed by atoms with Crippen LogP contribution in [0.5, 0.6) is 11.5 Å². The van der Waals surface area contributed by atoms with Crippen LogP contribution in [-0.4, -0.2) is 36.0 Å². The number of ether oxygens (including phenoxy) is 2. The van der Waals surface area contributed by atoms with E-state index in [1.165, 1.54) is 0 Å². The number of Topliss-reactive ketones (excluding diaryl/α,β-unsaturated/α-hetero) is 1. The zero-order valence-electron chi connectivity index (χ0n) is 17.5. The summed E-state index contributed by atoms with van der Waals surface area (Å²) >= 11 is 0. The van der Waals surface area contributed by atoms with Crippen LogP contribution in [0.3, 0.4) is 0 Å². The van der Waals surface area contributed by atoms with Crippen molar-refractivity contribution in [3.63, 3.8) is 0 Å². The fraction of sp³-hybridized carbons (Fsp3) is 0.231. The van der Waals surface area contributed by atoms with Gasteiger partial charge in [-0.15, -0.1) is 0 Å². The number of aliphatic hydroxyl groups excluding tert-OH is 1. The zero-order chi connectivity index (χ0) is 22.1. The van der Waals surface area contributed by atoms with Gasteiger partial charge in [-0.1, -0.05) is 42.5 Å². The van der Waals surface area contributed by atoms with Gasteiger partial charge in [-0.2, -0.15) is 0 Å². The second kappa shape index (κ2) is 11.1. The topological polar surface area (TPSA) is 72.8 Å². The summed E-state index contributed by atoms with van der Waals surface area (Å²) in [6, 6.07) is 23.4. The smallest absolute Gasteiger partial charge is 0.193 e. The predicted octanol–water partition coefficient (Wildman–Crippen LogP) is 4.26. The lowest BCUT2D eigenvalue weighted by Crippen LogP contribution is -2.25. The Morgan fingerprint density at radius 1 is 0.774 bits per heavy atom. The summed E-state index contributed by atoms with van der Waals surface area (Å²) in [5.74, 6) is 1.33. The van der Waals surface area contributed by atoms with Gasteiger partial charge in [0.05, 0.1) is 0 Å². The molecule has 31 heavy (non-hydrogen) atoms. The first-order chi connectivity index (χ1) is 15.0. The van der Waals surface area contributed by atoms with Crippen molar-refractivity contribution >= 4 is 11.6 Å². The molecule has 3 aromatic rings. The molecule has 3 aromatic carbocycles. The highest BCUT2D eigenvalue weighted by atomic mass is 16.5. The maximum Gasteiger partial charge on any atom is 0.193 e. The number of hydrogen-bond donors (Lipinski definition) is 1. The summed E-state index contributed by atoms with van der Waals surface area (Å²) in [6.45, 7) is 1.75. The number of carbonyl (C=O) groups is 2. The second-order valence-corrected chi connectivity index (χ2v) is 7.34. The van der Waals surface area contributed by atoms with E-state index in [-0.39, 0.29) is 24.8 Å². The van der Waals surface area contributed by atoms with Crippen LogP contribution in [0.1, 0.15) is 34.8 Å². The monoisotopic (exact) mass is 418 g/mol. The number of carbonyl (C=O) groups excluding carboxylic acids is 2. The zero-order valence-corrected chi connectivity index (χ0v) is 17.5. The molecule has 0 heterocycles. The van der Waals surface area contributed by atoms with Crippen molar-refractivity contribution in [2.24, 2.45) is 0 Å². The van der Waals surface area contributed by atoms with Crippen molar-refractivity contribution in [1.29, 1.82) is 0 Å². The predicted molar refractivity (Wildman–Crippen MR) is 119 cm³/mol. The molecular weight excluding hydrogens is 392 g/mol. The van der Waals surface area contributed by atoms with Crippen LogP contribution in [0.15, 0.2) is 78.9 Å². The summed E-state index contributed by atoms with van der Waals surface area (Å²) in [7, 11) is 0. The minimum atomic E-state index is -0.803. The average molecular weight is 418 g/mol. The lowest BCUT2D eigenvalue weighted by Gasteiger charge is -2.14. The second-order valence-electron chi connectivity index (χ2n) is 7.34. The SMILES string of the molecule is CC(=O)CCc1ccc(OC[C@@H](O)COc2ccc(C(=O)c3ccccc3)cc2)cc1. The van der Waals surface area contributed by atoms with Gasteiger partial charge in [0.15, 0.2) is 5.78 Å². The Morgan fingerprint density at radius 3 is 1.84 bits per heavy atom. The van der Waals surface area contributed by atoms with Gasteiger partial charge < -0.3 is 19.4 Å².